The molecule has 18 heavy (non-hydrogen) atoms. The van der Waals surface area contributed by atoms with Gasteiger partial charge in [0.1, 0.15) is 11.9 Å². The van der Waals surface area contributed by atoms with Crippen LogP contribution in [0.3, 0.4) is 0 Å². The summed E-state index contributed by atoms with van der Waals surface area (Å²) in [6, 6.07) is 6.86. The maximum absolute atomic E-state index is 5.96. The summed E-state index contributed by atoms with van der Waals surface area (Å²) in [6.45, 7) is 3.47. The van der Waals surface area contributed by atoms with Gasteiger partial charge in [-0.05, 0) is 41.8 Å². The Morgan fingerprint density at radius 3 is 2.89 bits per heavy atom. The predicted molar refractivity (Wildman–Crippen MR) is 76.0 cm³/mol. The first-order valence-electron chi connectivity index (χ1n) is 6.37. The van der Waals surface area contributed by atoms with Gasteiger partial charge in [-0.2, -0.15) is 0 Å². The summed E-state index contributed by atoms with van der Waals surface area (Å²) >= 11 is 3.56. The van der Waals surface area contributed by atoms with Crippen LogP contribution in [0.5, 0.6) is 5.75 Å². The van der Waals surface area contributed by atoms with Crippen molar-refractivity contribution in [2.75, 3.05) is 13.7 Å². The monoisotopic (exact) mass is 313 g/mol. The highest BCUT2D eigenvalue weighted by atomic mass is 79.9. The zero-order valence-corrected chi connectivity index (χ0v) is 12.5. The van der Waals surface area contributed by atoms with Gasteiger partial charge in [-0.25, -0.2) is 0 Å². The summed E-state index contributed by atoms with van der Waals surface area (Å²) in [5.74, 6) is 0.926. The van der Waals surface area contributed by atoms with E-state index in [9.17, 15) is 0 Å². The zero-order chi connectivity index (χ0) is 13.0. The molecule has 1 aliphatic carbocycles. The lowest BCUT2D eigenvalue weighted by molar-refractivity contribution is 0.0908. The van der Waals surface area contributed by atoms with Crippen LogP contribution >= 0.6 is 15.9 Å². The van der Waals surface area contributed by atoms with Gasteiger partial charge in [0.05, 0.1) is 11.1 Å². The van der Waals surface area contributed by atoms with E-state index in [0.29, 0.717) is 12.6 Å². The van der Waals surface area contributed by atoms with Crippen LogP contribution in [0.15, 0.2) is 22.7 Å². The van der Waals surface area contributed by atoms with E-state index in [1.54, 1.807) is 7.11 Å². The Hall–Kier alpha value is -0.580. The van der Waals surface area contributed by atoms with Crippen molar-refractivity contribution in [2.45, 2.75) is 38.5 Å². The van der Waals surface area contributed by atoms with Gasteiger partial charge in [0.25, 0.3) is 0 Å². The molecule has 100 valence electrons. The van der Waals surface area contributed by atoms with Crippen molar-refractivity contribution in [3.63, 3.8) is 0 Å². The molecule has 4 heteroatoms. The molecule has 0 spiro atoms. The van der Waals surface area contributed by atoms with E-state index in [1.807, 2.05) is 19.1 Å². The second-order valence-corrected chi connectivity index (χ2v) is 5.62. The van der Waals surface area contributed by atoms with Crippen LogP contribution in [0.25, 0.3) is 0 Å². The maximum Gasteiger partial charge on any atom is 0.138 e. The van der Waals surface area contributed by atoms with E-state index >= 15 is 0 Å². The van der Waals surface area contributed by atoms with Gasteiger partial charge in [-0.1, -0.05) is 12.1 Å². The number of para-hydroxylation sites is 1. The molecule has 0 saturated heterocycles. The number of hydrogen-bond acceptors (Lipinski definition) is 3. The van der Waals surface area contributed by atoms with Crippen molar-refractivity contribution >= 4 is 15.9 Å². The molecule has 0 amide bonds. The Morgan fingerprint density at radius 1 is 1.44 bits per heavy atom. The van der Waals surface area contributed by atoms with Crippen LogP contribution < -0.4 is 10.1 Å². The zero-order valence-electron chi connectivity index (χ0n) is 10.9. The fourth-order valence-corrected chi connectivity index (χ4v) is 2.34. The summed E-state index contributed by atoms with van der Waals surface area (Å²) in [5.41, 5.74) is 1.19. The molecular weight excluding hydrogens is 294 g/mol. The Kier molecular flexibility index (Phi) is 5.03. The maximum atomic E-state index is 5.96. The minimum atomic E-state index is 0.0494. The molecule has 0 bridgehead atoms. The van der Waals surface area contributed by atoms with Gasteiger partial charge in [0, 0.05) is 25.3 Å². The summed E-state index contributed by atoms with van der Waals surface area (Å²) in [5, 5.41) is 3.51. The first-order valence-corrected chi connectivity index (χ1v) is 7.16. The number of benzene rings is 1. The SMILES string of the molecule is COCC(C)Oc1c(Br)cccc1CNC1CC1. The predicted octanol–water partition coefficient (Wildman–Crippen LogP) is 3.11. The van der Waals surface area contributed by atoms with Crippen LogP contribution in [0, 0.1) is 0 Å². The molecule has 1 saturated carbocycles. The van der Waals surface area contributed by atoms with Crippen LogP contribution in [0.4, 0.5) is 0 Å². The molecule has 0 aromatic heterocycles. The summed E-state index contributed by atoms with van der Waals surface area (Å²) in [4.78, 5) is 0. The van der Waals surface area contributed by atoms with Crippen molar-refractivity contribution in [2.24, 2.45) is 0 Å². The van der Waals surface area contributed by atoms with Crippen LogP contribution in [-0.4, -0.2) is 25.9 Å². The van der Waals surface area contributed by atoms with Gasteiger partial charge >= 0.3 is 0 Å². The molecule has 1 aromatic carbocycles. The van der Waals surface area contributed by atoms with Crippen molar-refractivity contribution in [1.82, 2.24) is 5.32 Å². The molecule has 0 heterocycles. The Morgan fingerprint density at radius 2 is 2.22 bits per heavy atom. The highest BCUT2D eigenvalue weighted by molar-refractivity contribution is 9.10. The second kappa shape index (κ2) is 6.55. The first-order chi connectivity index (χ1) is 8.70. The minimum Gasteiger partial charge on any atom is -0.487 e. The fraction of sp³-hybridized carbons (Fsp3) is 0.571. The number of methoxy groups -OCH3 is 1. The summed E-state index contributed by atoms with van der Waals surface area (Å²) in [7, 11) is 1.69. The third kappa shape index (κ3) is 3.97. The van der Waals surface area contributed by atoms with Crippen LogP contribution in [0.2, 0.25) is 0 Å². The van der Waals surface area contributed by atoms with Crippen LogP contribution in [-0.2, 0) is 11.3 Å². The molecule has 2 rings (SSSR count). The molecule has 0 aliphatic heterocycles. The van der Waals surface area contributed by atoms with Gasteiger partial charge in [-0.3, -0.25) is 0 Å². The highest BCUT2D eigenvalue weighted by Gasteiger charge is 2.21. The quantitative estimate of drug-likeness (QED) is 0.839. The van der Waals surface area contributed by atoms with E-state index in [2.05, 4.69) is 27.3 Å². The normalized spacial score (nSPS) is 16.6. The third-order valence-electron chi connectivity index (χ3n) is 2.93. The number of ether oxygens (including phenoxy) is 2. The number of halogens is 1. The summed E-state index contributed by atoms with van der Waals surface area (Å²) < 4.78 is 12.1. The average molecular weight is 314 g/mol. The van der Waals surface area contributed by atoms with Crippen molar-refractivity contribution in [1.29, 1.82) is 0 Å². The van der Waals surface area contributed by atoms with Gasteiger partial charge in [0.2, 0.25) is 0 Å². The van der Waals surface area contributed by atoms with Crippen molar-refractivity contribution in [3.8, 4) is 5.75 Å². The van der Waals surface area contributed by atoms with E-state index in [1.165, 1.54) is 18.4 Å². The number of hydrogen-bond donors (Lipinski definition) is 1. The second-order valence-electron chi connectivity index (χ2n) is 4.77. The molecular formula is C14H20BrNO2. The topological polar surface area (TPSA) is 30.5 Å². The minimum absolute atomic E-state index is 0.0494. The molecule has 1 fully saturated rings. The van der Waals surface area contributed by atoms with E-state index in [4.69, 9.17) is 9.47 Å². The molecule has 1 aliphatic rings. The Balaban J connectivity index is 2.04. The molecule has 3 nitrogen and oxygen atoms in total. The molecule has 1 unspecified atom stereocenters. The Bertz CT molecular complexity index is 393. The molecule has 0 radical (unpaired) electrons. The van der Waals surface area contributed by atoms with E-state index in [-0.39, 0.29) is 6.10 Å². The van der Waals surface area contributed by atoms with Gasteiger partial charge in [0.15, 0.2) is 0 Å². The van der Waals surface area contributed by atoms with E-state index < -0.39 is 0 Å². The van der Waals surface area contributed by atoms with Crippen molar-refractivity contribution in [3.05, 3.63) is 28.2 Å². The fourth-order valence-electron chi connectivity index (χ4n) is 1.84. The number of nitrogens with one attached hydrogen (secondary N) is 1. The van der Waals surface area contributed by atoms with Gasteiger partial charge in [-0.15, -0.1) is 0 Å². The lowest BCUT2D eigenvalue weighted by atomic mass is 10.2. The third-order valence-corrected chi connectivity index (χ3v) is 3.55. The molecule has 1 N–H and O–H groups in total. The van der Waals surface area contributed by atoms with Gasteiger partial charge < -0.3 is 14.8 Å². The lowest BCUT2D eigenvalue weighted by Gasteiger charge is -2.18. The average Bonchev–Trinajstić information content (AvgIpc) is 3.14. The lowest BCUT2D eigenvalue weighted by Crippen LogP contribution is -2.21. The summed E-state index contributed by atoms with van der Waals surface area (Å²) in [6.07, 6.45) is 2.64. The Labute approximate surface area is 117 Å². The highest BCUT2D eigenvalue weighted by Crippen LogP contribution is 2.31. The smallest absolute Gasteiger partial charge is 0.138 e. The number of rotatable bonds is 7. The molecule has 1 aromatic rings. The van der Waals surface area contributed by atoms with Crippen molar-refractivity contribution < 1.29 is 9.47 Å². The first kappa shape index (κ1) is 13.8. The van der Waals surface area contributed by atoms with E-state index in [0.717, 1.165) is 16.8 Å². The largest absolute Gasteiger partial charge is 0.487 e. The molecule has 1 atom stereocenters. The van der Waals surface area contributed by atoms with Crippen LogP contribution in [0.1, 0.15) is 25.3 Å². The standard InChI is InChI=1S/C14H20BrNO2/c1-10(9-17-2)18-14-11(4-3-5-13(14)15)8-16-12-6-7-12/h3-5,10,12,16H,6-9H2,1-2H3.